The van der Waals surface area contributed by atoms with Gasteiger partial charge in [-0.3, -0.25) is 0 Å². The smallest absolute Gasteiger partial charge is 0.0846 e. The molecule has 0 heterocycles. The Hall–Kier alpha value is -1.12. The lowest BCUT2D eigenvalue weighted by Gasteiger charge is -1.98. The van der Waals surface area contributed by atoms with Crippen LogP contribution in [0.3, 0.4) is 0 Å². The number of benzene rings is 1. The highest BCUT2D eigenvalue weighted by Crippen LogP contribution is 2.01. The van der Waals surface area contributed by atoms with Crippen molar-refractivity contribution in [1.29, 1.82) is 0 Å². The Bertz CT molecular complexity index is 243. The molecule has 0 aromatic heterocycles. The monoisotopic (exact) mass is 163 g/mol. The predicted octanol–water partition coefficient (Wildman–Crippen LogP) is 1.02. The zero-order valence-corrected chi connectivity index (χ0v) is 6.85. The molecule has 0 saturated heterocycles. The zero-order chi connectivity index (χ0) is 8.81. The Balaban J connectivity index is 2.58. The van der Waals surface area contributed by atoms with Crippen LogP contribution in [0.2, 0.25) is 0 Å². The van der Waals surface area contributed by atoms with Gasteiger partial charge in [0.2, 0.25) is 0 Å². The highest BCUT2D eigenvalue weighted by molar-refractivity contribution is 5.49. The summed E-state index contributed by atoms with van der Waals surface area (Å²) in [5.74, 6) is 0. The molecular weight excluding hydrogens is 150 g/mol. The van der Waals surface area contributed by atoms with Gasteiger partial charge in [0.25, 0.3) is 0 Å². The normalized spacial score (nSPS) is 13.5. The Morgan fingerprint density at radius 1 is 1.33 bits per heavy atom. The predicted molar refractivity (Wildman–Crippen MR) is 50.5 cm³/mol. The Morgan fingerprint density at radius 3 is 2.58 bits per heavy atom. The van der Waals surface area contributed by atoms with Crippen LogP contribution in [0.1, 0.15) is 5.56 Å². The van der Waals surface area contributed by atoms with Crippen molar-refractivity contribution in [2.45, 2.75) is 6.10 Å². The van der Waals surface area contributed by atoms with Gasteiger partial charge >= 0.3 is 0 Å². The number of nitrogens with two attached hydrogens (primary N) is 1. The Morgan fingerprint density at radius 2 is 2.00 bits per heavy atom. The van der Waals surface area contributed by atoms with Gasteiger partial charge in [-0.05, 0) is 5.56 Å². The Labute approximate surface area is 72.3 Å². The van der Waals surface area contributed by atoms with Crippen LogP contribution < -0.4 is 5.73 Å². The van der Waals surface area contributed by atoms with E-state index in [0.717, 1.165) is 5.56 Å². The Kier molecular flexibility index (Phi) is 3.51. The fourth-order valence-corrected chi connectivity index (χ4v) is 0.865. The van der Waals surface area contributed by atoms with E-state index in [-0.39, 0.29) is 6.54 Å². The van der Waals surface area contributed by atoms with E-state index < -0.39 is 6.10 Å². The molecular formula is C10H13NO. The number of rotatable bonds is 3. The van der Waals surface area contributed by atoms with E-state index in [1.807, 2.05) is 36.4 Å². The van der Waals surface area contributed by atoms with E-state index in [1.165, 1.54) is 0 Å². The van der Waals surface area contributed by atoms with Gasteiger partial charge in [-0.25, -0.2) is 0 Å². The molecule has 1 rings (SSSR count). The van der Waals surface area contributed by atoms with Crippen molar-refractivity contribution in [1.82, 2.24) is 0 Å². The first-order valence-corrected chi connectivity index (χ1v) is 3.94. The lowest BCUT2D eigenvalue weighted by atomic mass is 10.2. The van der Waals surface area contributed by atoms with Gasteiger partial charge < -0.3 is 10.8 Å². The second-order valence-electron chi connectivity index (χ2n) is 2.57. The van der Waals surface area contributed by atoms with Crippen molar-refractivity contribution in [2.24, 2.45) is 5.73 Å². The van der Waals surface area contributed by atoms with Gasteiger partial charge in [-0.2, -0.15) is 0 Å². The molecule has 2 heteroatoms. The summed E-state index contributed by atoms with van der Waals surface area (Å²) in [5, 5.41) is 9.11. The van der Waals surface area contributed by atoms with Crippen molar-refractivity contribution in [3.05, 3.63) is 42.0 Å². The highest BCUT2D eigenvalue weighted by atomic mass is 16.3. The van der Waals surface area contributed by atoms with Crippen molar-refractivity contribution >= 4 is 6.08 Å². The summed E-state index contributed by atoms with van der Waals surface area (Å²) in [7, 11) is 0. The van der Waals surface area contributed by atoms with Gasteiger partial charge in [-0.1, -0.05) is 42.5 Å². The molecule has 64 valence electrons. The van der Waals surface area contributed by atoms with Gasteiger partial charge in [0.1, 0.15) is 0 Å². The van der Waals surface area contributed by atoms with Crippen molar-refractivity contribution in [3.8, 4) is 0 Å². The molecule has 1 unspecified atom stereocenters. The van der Waals surface area contributed by atoms with Gasteiger partial charge in [0.15, 0.2) is 0 Å². The molecule has 0 spiro atoms. The summed E-state index contributed by atoms with van der Waals surface area (Å²) in [4.78, 5) is 0. The molecule has 0 bridgehead atoms. The SMILES string of the molecule is NCC(O)/C=C/c1ccccc1. The van der Waals surface area contributed by atoms with E-state index in [1.54, 1.807) is 6.08 Å². The summed E-state index contributed by atoms with van der Waals surface area (Å²) in [6.45, 7) is 0.267. The van der Waals surface area contributed by atoms with E-state index >= 15 is 0 Å². The minimum Gasteiger partial charge on any atom is -0.388 e. The molecule has 0 aliphatic heterocycles. The third kappa shape index (κ3) is 2.86. The molecule has 0 amide bonds. The van der Waals surface area contributed by atoms with Crippen LogP contribution >= 0.6 is 0 Å². The number of hydrogen-bond acceptors (Lipinski definition) is 2. The number of hydrogen-bond donors (Lipinski definition) is 2. The first kappa shape index (κ1) is 8.97. The first-order chi connectivity index (χ1) is 5.83. The van der Waals surface area contributed by atoms with Crippen LogP contribution in [0.25, 0.3) is 6.08 Å². The average Bonchev–Trinajstić information content (AvgIpc) is 2.16. The summed E-state index contributed by atoms with van der Waals surface area (Å²) in [5.41, 5.74) is 6.31. The van der Waals surface area contributed by atoms with Crippen LogP contribution in [0.15, 0.2) is 36.4 Å². The highest BCUT2D eigenvalue weighted by Gasteiger charge is 1.91. The fraction of sp³-hybridized carbons (Fsp3) is 0.200. The quantitative estimate of drug-likeness (QED) is 0.698. The standard InChI is InChI=1S/C10H13NO/c11-8-10(12)7-6-9-4-2-1-3-5-9/h1-7,10,12H,8,11H2/b7-6+. The maximum absolute atomic E-state index is 9.11. The zero-order valence-electron chi connectivity index (χ0n) is 6.85. The largest absolute Gasteiger partial charge is 0.388 e. The van der Waals surface area contributed by atoms with Crippen LogP contribution in [0.5, 0.6) is 0 Å². The fourth-order valence-electron chi connectivity index (χ4n) is 0.865. The topological polar surface area (TPSA) is 46.2 Å². The summed E-state index contributed by atoms with van der Waals surface area (Å²) in [6.07, 6.45) is 3.01. The van der Waals surface area contributed by atoms with Crippen LogP contribution in [-0.4, -0.2) is 17.8 Å². The third-order valence-corrected chi connectivity index (χ3v) is 1.55. The minimum absolute atomic E-state index is 0.267. The molecule has 1 aromatic rings. The first-order valence-electron chi connectivity index (χ1n) is 3.94. The number of aliphatic hydroxyl groups is 1. The molecule has 0 aliphatic rings. The minimum atomic E-state index is -0.537. The third-order valence-electron chi connectivity index (χ3n) is 1.55. The van der Waals surface area contributed by atoms with Crippen LogP contribution in [0, 0.1) is 0 Å². The molecule has 2 nitrogen and oxygen atoms in total. The average molecular weight is 163 g/mol. The molecule has 0 aliphatic carbocycles. The molecule has 12 heavy (non-hydrogen) atoms. The van der Waals surface area contributed by atoms with E-state index in [9.17, 15) is 0 Å². The van der Waals surface area contributed by atoms with E-state index in [2.05, 4.69) is 0 Å². The summed E-state index contributed by atoms with van der Waals surface area (Å²) < 4.78 is 0. The van der Waals surface area contributed by atoms with Crippen LogP contribution in [0.4, 0.5) is 0 Å². The number of aliphatic hydroxyl groups excluding tert-OH is 1. The van der Waals surface area contributed by atoms with E-state index in [0.29, 0.717) is 0 Å². The molecule has 0 radical (unpaired) electrons. The second-order valence-corrected chi connectivity index (χ2v) is 2.57. The van der Waals surface area contributed by atoms with Crippen molar-refractivity contribution in [3.63, 3.8) is 0 Å². The lowest BCUT2D eigenvalue weighted by Crippen LogP contribution is -2.16. The van der Waals surface area contributed by atoms with Gasteiger partial charge in [-0.15, -0.1) is 0 Å². The van der Waals surface area contributed by atoms with Gasteiger partial charge in [0.05, 0.1) is 6.10 Å². The molecule has 3 N–H and O–H groups in total. The van der Waals surface area contributed by atoms with Crippen molar-refractivity contribution in [2.75, 3.05) is 6.54 Å². The maximum Gasteiger partial charge on any atom is 0.0846 e. The van der Waals surface area contributed by atoms with Crippen molar-refractivity contribution < 1.29 is 5.11 Å². The van der Waals surface area contributed by atoms with E-state index in [4.69, 9.17) is 10.8 Å². The summed E-state index contributed by atoms with van der Waals surface area (Å²) >= 11 is 0. The van der Waals surface area contributed by atoms with Crippen LogP contribution in [-0.2, 0) is 0 Å². The maximum atomic E-state index is 9.11. The second kappa shape index (κ2) is 4.70. The molecule has 0 fully saturated rings. The lowest BCUT2D eigenvalue weighted by molar-refractivity contribution is 0.232. The summed E-state index contributed by atoms with van der Waals surface area (Å²) in [6, 6.07) is 9.80. The van der Waals surface area contributed by atoms with Gasteiger partial charge in [0, 0.05) is 6.54 Å². The molecule has 1 atom stereocenters. The molecule has 1 aromatic carbocycles. The molecule has 0 saturated carbocycles.